The molecule has 2 amide bonds. The molecule has 7 nitrogen and oxygen atoms in total. The van der Waals surface area contributed by atoms with Gasteiger partial charge in [0.05, 0.1) is 11.4 Å². The summed E-state index contributed by atoms with van der Waals surface area (Å²) in [6.07, 6.45) is 5.96. The third-order valence-corrected chi connectivity index (χ3v) is 6.96. The summed E-state index contributed by atoms with van der Waals surface area (Å²) in [6, 6.07) is 5.86. The minimum Gasteiger partial charge on any atom is -0.341 e. The number of fused-ring (bicyclic) bond motifs is 1. The van der Waals surface area contributed by atoms with Crippen LogP contribution >= 0.6 is 0 Å². The Morgan fingerprint density at radius 1 is 1.07 bits per heavy atom. The highest BCUT2D eigenvalue weighted by Gasteiger charge is 2.33. The fourth-order valence-electron chi connectivity index (χ4n) is 4.10. The molecule has 0 aromatic heterocycles. The van der Waals surface area contributed by atoms with Crippen LogP contribution in [0.1, 0.15) is 39.0 Å². The highest BCUT2D eigenvalue weighted by molar-refractivity contribution is 7.89. The molecule has 8 heteroatoms. The number of sulfonamides is 1. The van der Waals surface area contributed by atoms with Gasteiger partial charge in [0.1, 0.15) is 0 Å². The van der Waals surface area contributed by atoms with E-state index in [-0.39, 0.29) is 23.3 Å². The third kappa shape index (κ3) is 5.07. The number of rotatable bonds is 5. The molecule has 0 unspecified atom stereocenters. The average Bonchev–Trinajstić information content (AvgIpc) is 2.66. The zero-order chi connectivity index (χ0) is 19.4. The summed E-state index contributed by atoms with van der Waals surface area (Å²) >= 11 is 0. The van der Waals surface area contributed by atoms with E-state index >= 15 is 0 Å². The first kappa shape index (κ1) is 19.8. The number of hydrogen-bond donors (Lipinski definition) is 2. The summed E-state index contributed by atoms with van der Waals surface area (Å²) in [5, 5.41) is 2.58. The number of hydrogen-bond acceptors (Lipinski definition) is 4. The maximum absolute atomic E-state index is 12.5. The molecule has 3 rings (SSSR count). The second kappa shape index (κ2) is 8.39. The molecular formula is C19H27N3O4S. The zero-order valence-electron chi connectivity index (χ0n) is 15.6. The molecule has 1 saturated heterocycles. The van der Waals surface area contributed by atoms with E-state index in [1.165, 1.54) is 56.9 Å². The fraction of sp³-hybridized carbons (Fsp3) is 0.579. The number of carbonyl (C=O) groups excluding carboxylic acids is 2. The van der Waals surface area contributed by atoms with Gasteiger partial charge in [-0.3, -0.25) is 9.59 Å². The molecule has 1 aromatic rings. The second-order valence-corrected chi connectivity index (χ2v) is 9.23. The minimum atomic E-state index is -3.77. The van der Waals surface area contributed by atoms with Crippen LogP contribution < -0.4 is 10.0 Å². The van der Waals surface area contributed by atoms with Crippen molar-refractivity contribution in [2.24, 2.45) is 11.8 Å². The van der Waals surface area contributed by atoms with Gasteiger partial charge >= 0.3 is 0 Å². The Labute approximate surface area is 160 Å². The monoisotopic (exact) mass is 393 g/mol. The summed E-state index contributed by atoms with van der Waals surface area (Å²) in [5.41, 5.74) is 0.521. The average molecular weight is 394 g/mol. The van der Waals surface area contributed by atoms with E-state index < -0.39 is 10.0 Å². The first-order valence-electron chi connectivity index (χ1n) is 9.50. The van der Waals surface area contributed by atoms with Crippen molar-refractivity contribution in [2.75, 3.05) is 25.0 Å². The van der Waals surface area contributed by atoms with Crippen molar-refractivity contribution < 1.29 is 18.0 Å². The quantitative estimate of drug-likeness (QED) is 0.799. The van der Waals surface area contributed by atoms with Gasteiger partial charge in [0.25, 0.3) is 0 Å². The summed E-state index contributed by atoms with van der Waals surface area (Å²) in [7, 11) is -3.77. The normalized spacial score (nSPS) is 22.8. The molecule has 1 heterocycles. The van der Waals surface area contributed by atoms with E-state index in [1.54, 1.807) is 4.90 Å². The van der Waals surface area contributed by atoms with E-state index in [0.29, 0.717) is 18.2 Å². The molecule has 0 bridgehead atoms. The Bertz CT molecular complexity index is 792. The van der Waals surface area contributed by atoms with Gasteiger partial charge in [-0.1, -0.05) is 19.3 Å². The number of nitrogens with one attached hydrogen (secondary N) is 2. The second-order valence-electron chi connectivity index (χ2n) is 7.46. The van der Waals surface area contributed by atoms with Crippen LogP contribution in [0.15, 0.2) is 29.2 Å². The lowest BCUT2D eigenvalue weighted by molar-refractivity contribution is -0.133. The molecule has 2 fully saturated rings. The summed E-state index contributed by atoms with van der Waals surface area (Å²) in [6.45, 7) is 2.62. The molecule has 148 valence electrons. The Morgan fingerprint density at radius 2 is 1.74 bits per heavy atom. The lowest BCUT2D eigenvalue weighted by atomic mass is 9.75. The molecule has 0 radical (unpaired) electrons. The van der Waals surface area contributed by atoms with Crippen molar-refractivity contribution in [1.82, 2.24) is 9.62 Å². The Morgan fingerprint density at radius 3 is 2.41 bits per heavy atom. The van der Waals surface area contributed by atoms with Gasteiger partial charge in [-0.15, -0.1) is 0 Å². The first-order valence-corrected chi connectivity index (χ1v) is 11.0. The topological polar surface area (TPSA) is 95.6 Å². The first-order chi connectivity index (χ1) is 12.8. The number of nitrogens with zero attached hydrogens (tertiary/aromatic N) is 1. The number of benzene rings is 1. The molecule has 1 aliphatic heterocycles. The van der Waals surface area contributed by atoms with Gasteiger partial charge in [-0.25, -0.2) is 13.1 Å². The van der Waals surface area contributed by atoms with Gasteiger partial charge in [0.15, 0.2) is 0 Å². The van der Waals surface area contributed by atoms with Crippen LogP contribution in [0.5, 0.6) is 0 Å². The number of anilines is 1. The molecule has 1 saturated carbocycles. The van der Waals surface area contributed by atoms with Crippen LogP contribution in [0.3, 0.4) is 0 Å². The van der Waals surface area contributed by atoms with Crippen molar-refractivity contribution in [1.29, 1.82) is 0 Å². The van der Waals surface area contributed by atoms with Crippen LogP contribution in [0, 0.1) is 11.8 Å². The Balaban J connectivity index is 1.55. The maximum Gasteiger partial charge on any atom is 0.241 e. The lowest BCUT2D eigenvalue weighted by Gasteiger charge is -2.41. The Hall–Kier alpha value is -1.93. The van der Waals surface area contributed by atoms with E-state index in [0.717, 1.165) is 18.9 Å². The SMILES string of the molecule is CC(=O)Nc1ccc(S(=O)(=O)NCC(=O)N2CC[C@@H]3CCCC[C@@H]3C2)cc1. The highest BCUT2D eigenvalue weighted by atomic mass is 32.2. The summed E-state index contributed by atoms with van der Waals surface area (Å²) in [4.78, 5) is 25.4. The van der Waals surface area contributed by atoms with Gasteiger partial charge < -0.3 is 10.2 Å². The molecule has 2 atom stereocenters. The van der Waals surface area contributed by atoms with Crippen LogP contribution in [0.25, 0.3) is 0 Å². The molecule has 2 N–H and O–H groups in total. The molecule has 2 aliphatic rings. The standard InChI is InChI=1S/C19H27N3O4S/c1-14(23)21-17-6-8-18(9-7-17)27(25,26)20-12-19(24)22-11-10-15-4-2-3-5-16(15)13-22/h6-9,15-16,20H,2-5,10-13H2,1H3,(H,21,23)/t15-,16+/m0/s1. The van der Waals surface area contributed by atoms with Crippen LogP contribution in [0.4, 0.5) is 5.69 Å². The van der Waals surface area contributed by atoms with E-state index in [4.69, 9.17) is 0 Å². The van der Waals surface area contributed by atoms with Crippen molar-refractivity contribution in [3.63, 3.8) is 0 Å². The van der Waals surface area contributed by atoms with Crippen LogP contribution in [-0.4, -0.2) is 44.8 Å². The van der Waals surface area contributed by atoms with E-state index in [1.807, 2.05) is 0 Å². The highest BCUT2D eigenvalue weighted by Crippen LogP contribution is 2.35. The van der Waals surface area contributed by atoms with Crippen molar-refractivity contribution in [3.8, 4) is 0 Å². The van der Waals surface area contributed by atoms with E-state index in [2.05, 4.69) is 10.0 Å². The molecule has 0 spiro atoms. The number of likely N-dealkylation sites (tertiary alicyclic amines) is 1. The number of amides is 2. The Kier molecular flexibility index (Phi) is 6.16. The minimum absolute atomic E-state index is 0.0652. The van der Waals surface area contributed by atoms with Gasteiger partial charge in [0.2, 0.25) is 21.8 Å². The predicted molar refractivity (Wildman–Crippen MR) is 103 cm³/mol. The zero-order valence-corrected chi connectivity index (χ0v) is 16.4. The van der Waals surface area contributed by atoms with Crippen molar-refractivity contribution in [2.45, 2.75) is 43.9 Å². The summed E-state index contributed by atoms with van der Waals surface area (Å²) < 4.78 is 27.2. The largest absolute Gasteiger partial charge is 0.341 e. The van der Waals surface area contributed by atoms with Crippen LogP contribution in [0.2, 0.25) is 0 Å². The molecule has 1 aliphatic carbocycles. The van der Waals surface area contributed by atoms with Crippen LogP contribution in [-0.2, 0) is 19.6 Å². The van der Waals surface area contributed by atoms with Gasteiger partial charge in [-0.05, 0) is 48.9 Å². The predicted octanol–water partition coefficient (Wildman–Crippen LogP) is 1.96. The number of carbonyl (C=O) groups is 2. The maximum atomic E-state index is 12.5. The van der Waals surface area contributed by atoms with Crippen molar-refractivity contribution in [3.05, 3.63) is 24.3 Å². The fourth-order valence-corrected chi connectivity index (χ4v) is 5.07. The molecule has 1 aromatic carbocycles. The third-order valence-electron chi connectivity index (χ3n) is 5.54. The van der Waals surface area contributed by atoms with E-state index in [9.17, 15) is 18.0 Å². The van der Waals surface area contributed by atoms with Gasteiger partial charge in [0, 0.05) is 25.7 Å². The van der Waals surface area contributed by atoms with Crippen molar-refractivity contribution >= 4 is 27.5 Å². The molecular weight excluding hydrogens is 366 g/mol. The lowest BCUT2D eigenvalue weighted by Crippen LogP contribution is -2.48. The molecule has 27 heavy (non-hydrogen) atoms. The number of piperidine rings is 1. The summed E-state index contributed by atoms with van der Waals surface area (Å²) in [5.74, 6) is 0.893. The van der Waals surface area contributed by atoms with Gasteiger partial charge in [-0.2, -0.15) is 0 Å². The smallest absolute Gasteiger partial charge is 0.241 e.